The number of rotatable bonds is 4. The van der Waals surface area contributed by atoms with Gasteiger partial charge >= 0.3 is 5.97 Å². The fourth-order valence-electron chi connectivity index (χ4n) is 3.69. The van der Waals surface area contributed by atoms with Crippen LogP contribution in [0.2, 0.25) is 0 Å². The lowest BCUT2D eigenvalue weighted by Gasteiger charge is -2.22. The van der Waals surface area contributed by atoms with Crippen molar-refractivity contribution in [1.82, 2.24) is 0 Å². The normalized spacial score (nSPS) is 15.8. The van der Waals surface area contributed by atoms with E-state index in [0.29, 0.717) is 0 Å². The molecule has 0 N–H and O–H groups in total. The molecule has 0 radical (unpaired) electrons. The Labute approximate surface area is 157 Å². The van der Waals surface area contributed by atoms with E-state index in [9.17, 15) is 9.59 Å². The summed E-state index contributed by atoms with van der Waals surface area (Å²) < 4.78 is 10.8. The molecular weight excluding hydrogens is 342 g/mol. The van der Waals surface area contributed by atoms with Gasteiger partial charge in [-0.05, 0) is 43.5 Å². The second kappa shape index (κ2) is 6.91. The molecule has 0 aliphatic carbocycles. The number of para-hydroxylation sites is 1. The van der Waals surface area contributed by atoms with Crippen molar-refractivity contribution in [3.8, 4) is 0 Å². The molecule has 0 spiro atoms. The Kier molecular flexibility index (Phi) is 4.44. The molecule has 1 aromatic heterocycles. The van der Waals surface area contributed by atoms with Gasteiger partial charge in [-0.2, -0.15) is 0 Å². The summed E-state index contributed by atoms with van der Waals surface area (Å²) in [4.78, 5) is 26.6. The Morgan fingerprint density at radius 1 is 1.22 bits per heavy atom. The number of aryl methyl sites for hydroxylation is 1. The number of esters is 1. The molecule has 1 atom stereocenters. The van der Waals surface area contributed by atoms with Crippen molar-refractivity contribution < 1.29 is 18.7 Å². The van der Waals surface area contributed by atoms with E-state index in [1.54, 1.807) is 11.2 Å². The first-order valence-electron chi connectivity index (χ1n) is 9.05. The molecule has 2 heterocycles. The summed E-state index contributed by atoms with van der Waals surface area (Å²) in [7, 11) is 0. The number of hydrogen-bond acceptors (Lipinski definition) is 4. The number of amides is 1. The molecule has 27 heavy (non-hydrogen) atoms. The first-order valence-corrected chi connectivity index (χ1v) is 9.05. The highest BCUT2D eigenvalue weighted by atomic mass is 16.5. The third-order valence-electron chi connectivity index (χ3n) is 4.98. The van der Waals surface area contributed by atoms with Gasteiger partial charge in [-0.25, -0.2) is 0 Å². The smallest absolute Gasteiger partial charge is 0.310 e. The molecule has 0 bridgehead atoms. The second-order valence-electron chi connectivity index (χ2n) is 7.04. The van der Waals surface area contributed by atoms with Crippen molar-refractivity contribution in [2.45, 2.75) is 32.7 Å². The summed E-state index contributed by atoms with van der Waals surface area (Å²) in [6.07, 6.45) is 2.47. The Bertz CT molecular complexity index is 1020. The fourth-order valence-corrected chi connectivity index (χ4v) is 3.69. The number of carbonyl (C=O) groups excluding carboxylic acids is 2. The van der Waals surface area contributed by atoms with Gasteiger partial charge in [0, 0.05) is 22.7 Å². The van der Waals surface area contributed by atoms with Crippen LogP contribution in [0.25, 0.3) is 11.0 Å². The summed E-state index contributed by atoms with van der Waals surface area (Å²) >= 11 is 0. The van der Waals surface area contributed by atoms with Crippen LogP contribution in [0.15, 0.2) is 53.1 Å². The van der Waals surface area contributed by atoms with Crippen LogP contribution in [0.3, 0.4) is 0 Å². The molecule has 0 saturated heterocycles. The molecule has 1 aliphatic rings. The van der Waals surface area contributed by atoms with Gasteiger partial charge in [0.1, 0.15) is 5.58 Å². The van der Waals surface area contributed by atoms with Gasteiger partial charge in [0.15, 0.2) is 6.61 Å². The lowest BCUT2D eigenvalue weighted by Crippen LogP contribution is -2.38. The zero-order valence-electron chi connectivity index (χ0n) is 15.4. The largest absolute Gasteiger partial charge is 0.464 e. The van der Waals surface area contributed by atoms with E-state index in [2.05, 4.69) is 0 Å². The van der Waals surface area contributed by atoms with Gasteiger partial charge in [-0.3, -0.25) is 9.59 Å². The van der Waals surface area contributed by atoms with E-state index >= 15 is 0 Å². The molecule has 3 aromatic rings. The topological polar surface area (TPSA) is 59.8 Å². The molecule has 0 saturated carbocycles. The summed E-state index contributed by atoms with van der Waals surface area (Å²) in [5.74, 6) is -0.639. The van der Waals surface area contributed by atoms with Crippen molar-refractivity contribution in [2.75, 3.05) is 11.5 Å². The minimum atomic E-state index is -0.438. The van der Waals surface area contributed by atoms with Crippen LogP contribution in [0.5, 0.6) is 0 Å². The molecule has 1 amide bonds. The maximum atomic E-state index is 12.6. The summed E-state index contributed by atoms with van der Waals surface area (Å²) in [5.41, 5.74) is 4.65. The molecule has 5 heteroatoms. The van der Waals surface area contributed by atoms with Crippen molar-refractivity contribution >= 4 is 28.5 Å². The zero-order chi connectivity index (χ0) is 19.0. The third-order valence-corrected chi connectivity index (χ3v) is 4.98. The number of carbonyl (C=O) groups is 2. The van der Waals surface area contributed by atoms with Gasteiger partial charge in [0.05, 0.1) is 12.7 Å². The van der Waals surface area contributed by atoms with Gasteiger partial charge in [0.25, 0.3) is 5.91 Å². The van der Waals surface area contributed by atoms with E-state index in [4.69, 9.17) is 9.15 Å². The van der Waals surface area contributed by atoms with E-state index in [0.717, 1.165) is 39.8 Å². The highest BCUT2D eigenvalue weighted by molar-refractivity contribution is 5.98. The molecule has 5 nitrogen and oxygen atoms in total. The van der Waals surface area contributed by atoms with Crippen LogP contribution in [0.4, 0.5) is 5.69 Å². The SMILES string of the molecule is Cc1ccc2c(CC(=O)OCC(=O)N3c4ccccc4CC3C)coc2c1. The maximum absolute atomic E-state index is 12.6. The van der Waals surface area contributed by atoms with Crippen LogP contribution in [-0.2, 0) is 27.2 Å². The van der Waals surface area contributed by atoms with Crippen LogP contribution in [0, 0.1) is 6.92 Å². The first-order chi connectivity index (χ1) is 13.0. The lowest BCUT2D eigenvalue weighted by atomic mass is 10.1. The zero-order valence-corrected chi connectivity index (χ0v) is 15.4. The van der Waals surface area contributed by atoms with Gasteiger partial charge in [-0.1, -0.05) is 30.3 Å². The Balaban J connectivity index is 1.40. The predicted molar refractivity (Wildman–Crippen MR) is 103 cm³/mol. The van der Waals surface area contributed by atoms with Crippen molar-refractivity contribution in [2.24, 2.45) is 0 Å². The quantitative estimate of drug-likeness (QED) is 0.662. The molecule has 138 valence electrons. The van der Waals surface area contributed by atoms with Crippen LogP contribution in [-0.4, -0.2) is 24.5 Å². The van der Waals surface area contributed by atoms with E-state index in [-0.39, 0.29) is 25.0 Å². The van der Waals surface area contributed by atoms with E-state index in [1.165, 1.54) is 0 Å². The lowest BCUT2D eigenvalue weighted by molar-refractivity contribution is -0.147. The first kappa shape index (κ1) is 17.3. The average Bonchev–Trinajstić information content (AvgIpc) is 3.19. The minimum Gasteiger partial charge on any atom is -0.464 e. The highest BCUT2D eigenvalue weighted by Crippen LogP contribution is 2.31. The minimum absolute atomic E-state index is 0.0645. The van der Waals surface area contributed by atoms with Crippen molar-refractivity contribution in [1.29, 1.82) is 0 Å². The van der Waals surface area contributed by atoms with Crippen LogP contribution < -0.4 is 4.90 Å². The summed E-state index contributed by atoms with van der Waals surface area (Å²) in [6.45, 7) is 3.73. The predicted octanol–water partition coefficient (Wildman–Crippen LogP) is 3.80. The Morgan fingerprint density at radius 2 is 2.04 bits per heavy atom. The Morgan fingerprint density at radius 3 is 2.89 bits per heavy atom. The number of benzene rings is 2. The van der Waals surface area contributed by atoms with Gasteiger partial charge < -0.3 is 14.1 Å². The molecule has 1 aliphatic heterocycles. The number of nitrogens with zero attached hydrogens (tertiary/aromatic N) is 1. The number of anilines is 1. The molecule has 0 fully saturated rings. The number of ether oxygens (including phenoxy) is 1. The summed E-state index contributed by atoms with van der Waals surface area (Å²) in [5, 5.41) is 0.894. The molecule has 2 aromatic carbocycles. The second-order valence-corrected chi connectivity index (χ2v) is 7.04. The van der Waals surface area contributed by atoms with Gasteiger partial charge in [-0.15, -0.1) is 0 Å². The van der Waals surface area contributed by atoms with E-state index in [1.807, 2.05) is 56.3 Å². The third kappa shape index (κ3) is 3.33. The van der Waals surface area contributed by atoms with Crippen LogP contribution in [0.1, 0.15) is 23.6 Å². The van der Waals surface area contributed by atoms with E-state index < -0.39 is 5.97 Å². The van der Waals surface area contributed by atoms with Gasteiger partial charge in [0.2, 0.25) is 0 Å². The average molecular weight is 363 g/mol. The van der Waals surface area contributed by atoms with Crippen molar-refractivity contribution in [3.05, 3.63) is 65.4 Å². The monoisotopic (exact) mass is 363 g/mol. The van der Waals surface area contributed by atoms with Crippen LogP contribution >= 0.6 is 0 Å². The van der Waals surface area contributed by atoms with Crippen molar-refractivity contribution in [3.63, 3.8) is 0 Å². The Hall–Kier alpha value is -3.08. The standard InChI is InChI=1S/C22H21NO4/c1-14-7-8-18-17(12-26-20(18)9-14)11-22(25)27-13-21(24)23-15(2)10-16-5-3-4-6-19(16)23/h3-9,12,15H,10-11,13H2,1-2H3. The fraction of sp³-hybridized carbons (Fsp3) is 0.273. The molecular formula is C22H21NO4. The highest BCUT2D eigenvalue weighted by Gasteiger charge is 2.31. The number of fused-ring (bicyclic) bond motifs is 2. The number of furan rings is 1. The molecule has 1 unspecified atom stereocenters. The maximum Gasteiger partial charge on any atom is 0.310 e. The molecule has 4 rings (SSSR count). The summed E-state index contributed by atoms with van der Waals surface area (Å²) in [6, 6.07) is 13.7. The number of hydrogen-bond donors (Lipinski definition) is 0.